The van der Waals surface area contributed by atoms with Crippen molar-refractivity contribution < 1.29 is 9.47 Å². The maximum absolute atomic E-state index is 6.40. The normalized spacial score (nSPS) is 17.3. The summed E-state index contributed by atoms with van der Waals surface area (Å²) < 4.78 is 11.0. The molecule has 1 saturated heterocycles. The fourth-order valence-electron chi connectivity index (χ4n) is 1.80. The summed E-state index contributed by atoms with van der Waals surface area (Å²) in [5.41, 5.74) is 0.964. The molecule has 1 aliphatic rings. The lowest BCUT2D eigenvalue weighted by Gasteiger charge is -2.18. The molecule has 1 heterocycles. The minimum Gasteiger partial charge on any atom is -0.493 e. The van der Waals surface area contributed by atoms with Gasteiger partial charge in [-0.1, -0.05) is 11.6 Å². The molecular formula is C14H17ClO2S2. The quantitative estimate of drug-likeness (QED) is 0.815. The number of hydrogen-bond donors (Lipinski definition) is 0. The highest BCUT2D eigenvalue weighted by Gasteiger charge is 2.14. The lowest BCUT2D eigenvalue weighted by atomic mass is 10.2. The van der Waals surface area contributed by atoms with Crippen LogP contribution < -0.4 is 9.47 Å². The molecule has 0 unspecified atom stereocenters. The van der Waals surface area contributed by atoms with Crippen molar-refractivity contribution in [3.8, 4) is 11.5 Å². The first-order chi connectivity index (χ1) is 9.24. The summed E-state index contributed by atoms with van der Waals surface area (Å²) in [7, 11) is 3.26. The Labute approximate surface area is 127 Å². The van der Waals surface area contributed by atoms with Crippen molar-refractivity contribution in [3.63, 3.8) is 0 Å². The molecule has 1 fully saturated rings. The van der Waals surface area contributed by atoms with Crippen molar-refractivity contribution in [1.82, 2.24) is 0 Å². The second-order valence-electron chi connectivity index (χ2n) is 4.05. The van der Waals surface area contributed by atoms with Crippen LogP contribution in [-0.2, 0) is 0 Å². The van der Waals surface area contributed by atoms with Gasteiger partial charge in [0.2, 0.25) is 0 Å². The Morgan fingerprint density at radius 3 is 2.53 bits per heavy atom. The minimum absolute atomic E-state index is 0.453. The monoisotopic (exact) mass is 316 g/mol. The number of ether oxygens (including phenoxy) is 2. The third kappa shape index (κ3) is 4.01. The number of thioether (sulfide) groups is 2. The minimum atomic E-state index is 0.453. The van der Waals surface area contributed by atoms with Gasteiger partial charge >= 0.3 is 0 Å². The van der Waals surface area contributed by atoms with Crippen molar-refractivity contribution in [3.05, 3.63) is 29.8 Å². The summed E-state index contributed by atoms with van der Waals surface area (Å²) in [4.78, 5) is 0. The maximum Gasteiger partial charge on any atom is 0.161 e. The first kappa shape index (κ1) is 14.9. The second-order valence-corrected chi connectivity index (χ2v) is 7.25. The topological polar surface area (TPSA) is 18.5 Å². The second kappa shape index (κ2) is 7.36. The molecule has 0 aliphatic carbocycles. The zero-order chi connectivity index (χ0) is 13.7. The molecule has 5 heteroatoms. The van der Waals surface area contributed by atoms with Gasteiger partial charge in [0.05, 0.1) is 18.8 Å². The molecule has 0 atom stereocenters. The highest BCUT2D eigenvalue weighted by Crippen LogP contribution is 2.36. The molecule has 0 spiro atoms. The van der Waals surface area contributed by atoms with Gasteiger partial charge in [0.1, 0.15) is 0 Å². The summed E-state index contributed by atoms with van der Waals surface area (Å²) in [6.45, 7) is 0. The number of hydrogen-bond acceptors (Lipinski definition) is 4. The van der Waals surface area contributed by atoms with Crippen LogP contribution in [0.25, 0.3) is 5.03 Å². The van der Waals surface area contributed by atoms with Crippen LogP contribution in [0.15, 0.2) is 24.3 Å². The Hall–Kier alpha value is -0.450. The van der Waals surface area contributed by atoms with E-state index in [2.05, 4.69) is 6.08 Å². The predicted molar refractivity (Wildman–Crippen MR) is 86.7 cm³/mol. The molecule has 2 nitrogen and oxygen atoms in total. The van der Waals surface area contributed by atoms with Crippen LogP contribution in [0.2, 0.25) is 0 Å². The maximum atomic E-state index is 6.40. The Balaban J connectivity index is 2.18. The molecule has 0 saturated carbocycles. The van der Waals surface area contributed by atoms with Gasteiger partial charge in [0.25, 0.3) is 0 Å². The largest absolute Gasteiger partial charge is 0.493 e. The van der Waals surface area contributed by atoms with Crippen molar-refractivity contribution in [2.45, 2.75) is 11.0 Å². The molecule has 104 valence electrons. The van der Waals surface area contributed by atoms with Crippen LogP contribution in [0.4, 0.5) is 0 Å². The van der Waals surface area contributed by atoms with E-state index >= 15 is 0 Å². The van der Waals surface area contributed by atoms with Crippen LogP contribution in [0.5, 0.6) is 11.5 Å². The zero-order valence-corrected chi connectivity index (χ0v) is 13.4. The Morgan fingerprint density at radius 2 is 1.89 bits per heavy atom. The highest BCUT2D eigenvalue weighted by atomic mass is 35.5. The Bertz CT molecular complexity index is 457. The first-order valence-electron chi connectivity index (χ1n) is 6.07. The van der Waals surface area contributed by atoms with Crippen molar-refractivity contribution in [1.29, 1.82) is 0 Å². The van der Waals surface area contributed by atoms with Crippen LogP contribution >= 0.6 is 35.1 Å². The molecule has 0 bridgehead atoms. The fraction of sp³-hybridized carbons (Fsp3) is 0.429. The summed E-state index contributed by atoms with van der Waals surface area (Å²) in [5.74, 6) is 3.85. The fourth-order valence-corrected chi connectivity index (χ4v) is 4.89. The van der Waals surface area contributed by atoms with E-state index in [9.17, 15) is 0 Å². The van der Waals surface area contributed by atoms with E-state index in [0.29, 0.717) is 10.3 Å². The van der Waals surface area contributed by atoms with E-state index < -0.39 is 0 Å². The van der Waals surface area contributed by atoms with E-state index in [0.717, 1.165) is 16.3 Å². The molecule has 0 radical (unpaired) electrons. The van der Waals surface area contributed by atoms with Crippen LogP contribution in [0.3, 0.4) is 0 Å². The molecular weight excluding hydrogens is 300 g/mol. The number of halogens is 1. The van der Waals surface area contributed by atoms with E-state index in [-0.39, 0.29) is 0 Å². The summed E-state index contributed by atoms with van der Waals surface area (Å²) >= 11 is 10.3. The molecule has 2 rings (SSSR count). The van der Waals surface area contributed by atoms with Crippen LogP contribution in [0.1, 0.15) is 12.0 Å². The van der Waals surface area contributed by atoms with E-state index in [1.165, 1.54) is 17.9 Å². The third-order valence-electron chi connectivity index (χ3n) is 2.79. The van der Waals surface area contributed by atoms with Gasteiger partial charge < -0.3 is 9.47 Å². The smallest absolute Gasteiger partial charge is 0.161 e. The molecule has 1 aliphatic heterocycles. The van der Waals surface area contributed by atoms with Gasteiger partial charge in [-0.25, -0.2) is 0 Å². The SMILES string of the molecule is COc1ccc(C(Cl)=CC2SCCCS2)cc1OC. The van der Waals surface area contributed by atoms with Gasteiger partial charge in [-0.3, -0.25) is 0 Å². The first-order valence-corrected chi connectivity index (χ1v) is 8.55. The van der Waals surface area contributed by atoms with Crippen molar-refractivity contribution >= 4 is 40.2 Å². The average Bonchev–Trinajstić information content (AvgIpc) is 2.47. The average molecular weight is 317 g/mol. The predicted octanol–water partition coefficient (Wildman–Crippen LogP) is 4.48. The lowest BCUT2D eigenvalue weighted by molar-refractivity contribution is 0.355. The molecule has 1 aromatic carbocycles. The standard InChI is InChI=1S/C14H17ClO2S2/c1-16-12-5-4-10(8-13(12)17-2)11(15)9-14-18-6-3-7-19-14/h4-5,8-9,14H,3,6-7H2,1-2H3. The van der Waals surface area contributed by atoms with E-state index in [1.54, 1.807) is 14.2 Å². The highest BCUT2D eigenvalue weighted by molar-refractivity contribution is 8.17. The Kier molecular flexibility index (Phi) is 5.79. The molecule has 0 amide bonds. The number of methoxy groups -OCH3 is 2. The number of benzene rings is 1. The lowest BCUT2D eigenvalue weighted by Crippen LogP contribution is -2.03. The molecule has 19 heavy (non-hydrogen) atoms. The zero-order valence-electron chi connectivity index (χ0n) is 11.0. The van der Waals surface area contributed by atoms with Crippen LogP contribution in [-0.4, -0.2) is 30.3 Å². The number of rotatable bonds is 4. The van der Waals surface area contributed by atoms with Gasteiger partial charge in [-0.15, -0.1) is 23.5 Å². The van der Waals surface area contributed by atoms with Gasteiger partial charge in [-0.2, -0.15) is 0 Å². The van der Waals surface area contributed by atoms with Crippen molar-refractivity contribution in [2.75, 3.05) is 25.7 Å². The summed E-state index contributed by atoms with van der Waals surface area (Å²) in [6, 6.07) is 5.75. The Morgan fingerprint density at radius 1 is 1.21 bits per heavy atom. The summed E-state index contributed by atoms with van der Waals surface area (Å²) in [5, 5.41) is 0.771. The van der Waals surface area contributed by atoms with Gasteiger partial charge in [0.15, 0.2) is 11.5 Å². The molecule has 0 aromatic heterocycles. The van der Waals surface area contributed by atoms with Gasteiger partial charge in [0, 0.05) is 5.03 Å². The molecule has 1 aromatic rings. The van der Waals surface area contributed by atoms with Crippen LogP contribution in [0, 0.1) is 0 Å². The third-order valence-corrected chi connectivity index (χ3v) is 5.93. The summed E-state index contributed by atoms with van der Waals surface area (Å²) in [6.07, 6.45) is 3.41. The van der Waals surface area contributed by atoms with Gasteiger partial charge in [-0.05, 0) is 47.8 Å². The van der Waals surface area contributed by atoms with E-state index in [4.69, 9.17) is 21.1 Å². The molecule has 0 N–H and O–H groups in total. The van der Waals surface area contributed by atoms with E-state index in [1.807, 2.05) is 41.7 Å². The van der Waals surface area contributed by atoms with Crippen molar-refractivity contribution in [2.24, 2.45) is 0 Å².